The van der Waals surface area contributed by atoms with E-state index >= 15 is 0 Å². The molecule has 0 saturated carbocycles. The predicted molar refractivity (Wildman–Crippen MR) is 76.4 cm³/mol. The van der Waals surface area contributed by atoms with Gasteiger partial charge in [0.1, 0.15) is 11.9 Å². The molecule has 2 rings (SSSR count). The zero-order valence-corrected chi connectivity index (χ0v) is 11.5. The third kappa shape index (κ3) is 3.27. The van der Waals surface area contributed by atoms with E-state index < -0.39 is 0 Å². The molecule has 0 aliphatic heterocycles. The van der Waals surface area contributed by atoms with Gasteiger partial charge in [-0.15, -0.1) is 0 Å². The van der Waals surface area contributed by atoms with Gasteiger partial charge in [-0.2, -0.15) is 0 Å². The van der Waals surface area contributed by atoms with Gasteiger partial charge in [0.25, 0.3) is 0 Å². The minimum Gasteiger partial charge on any atom is -0.497 e. The number of rotatable bonds is 5. The van der Waals surface area contributed by atoms with Crippen LogP contribution in [0.15, 0.2) is 48.5 Å². The van der Waals surface area contributed by atoms with Gasteiger partial charge in [-0.3, -0.25) is 0 Å². The molecule has 0 aliphatic rings. The molecule has 2 atom stereocenters. The van der Waals surface area contributed by atoms with Gasteiger partial charge < -0.3 is 15.2 Å². The lowest BCUT2D eigenvalue weighted by molar-refractivity contribution is 0.182. The quantitative estimate of drug-likeness (QED) is 0.910. The first kappa shape index (κ1) is 14.3. The summed E-state index contributed by atoms with van der Waals surface area (Å²) in [6.07, 6.45) is -0.347. The molecule has 0 saturated heterocycles. The third-order valence-electron chi connectivity index (χ3n) is 3.16. The Balaban J connectivity index is 2.08. The Hall–Kier alpha value is -2.07. The van der Waals surface area contributed by atoms with Gasteiger partial charge in [0.2, 0.25) is 0 Å². The van der Waals surface area contributed by atoms with Gasteiger partial charge in [0.05, 0.1) is 13.2 Å². The zero-order chi connectivity index (χ0) is 14.5. The summed E-state index contributed by atoms with van der Waals surface area (Å²) in [5, 5.41) is 0. The van der Waals surface area contributed by atoms with Crippen molar-refractivity contribution in [2.45, 2.75) is 19.1 Å². The third-order valence-corrected chi connectivity index (χ3v) is 3.16. The molecule has 2 aromatic carbocycles. The summed E-state index contributed by atoms with van der Waals surface area (Å²) in [6, 6.07) is 13.4. The van der Waals surface area contributed by atoms with E-state index in [9.17, 15) is 4.39 Å². The maximum atomic E-state index is 13.5. The van der Waals surface area contributed by atoms with E-state index in [2.05, 4.69) is 0 Å². The summed E-state index contributed by atoms with van der Waals surface area (Å²) in [7, 11) is 1.61. The van der Waals surface area contributed by atoms with Crippen molar-refractivity contribution in [1.82, 2.24) is 0 Å². The van der Waals surface area contributed by atoms with Crippen molar-refractivity contribution in [3.63, 3.8) is 0 Å². The number of hydrogen-bond donors (Lipinski definition) is 1. The fourth-order valence-corrected chi connectivity index (χ4v) is 1.91. The number of methoxy groups -OCH3 is 1. The van der Waals surface area contributed by atoms with Crippen LogP contribution in [-0.4, -0.2) is 13.2 Å². The molecular formula is C16H18FNO2. The number of ether oxygens (including phenoxy) is 2. The van der Waals surface area contributed by atoms with E-state index in [0.717, 1.165) is 11.3 Å². The molecule has 0 spiro atoms. The maximum absolute atomic E-state index is 13.5. The van der Waals surface area contributed by atoms with Gasteiger partial charge in [-0.25, -0.2) is 4.39 Å². The van der Waals surface area contributed by atoms with Crippen LogP contribution in [-0.2, 0) is 0 Å². The Kier molecular flexibility index (Phi) is 4.58. The monoisotopic (exact) mass is 275 g/mol. The minimum atomic E-state index is -0.388. The van der Waals surface area contributed by atoms with E-state index in [1.165, 1.54) is 6.07 Å². The largest absolute Gasteiger partial charge is 0.497 e. The second kappa shape index (κ2) is 6.39. The second-order valence-corrected chi connectivity index (χ2v) is 4.55. The van der Waals surface area contributed by atoms with Crippen LogP contribution in [0, 0.1) is 5.82 Å². The highest BCUT2D eigenvalue weighted by molar-refractivity contribution is 5.30. The van der Waals surface area contributed by atoms with Crippen LogP contribution in [0.5, 0.6) is 11.5 Å². The molecule has 20 heavy (non-hydrogen) atoms. The van der Waals surface area contributed by atoms with Gasteiger partial charge in [0.15, 0.2) is 11.6 Å². The fraction of sp³-hybridized carbons (Fsp3) is 0.250. The van der Waals surface area contributed by atoms with Gasteiger partial charge >= 0.3 is 0 Å². The lowest BCUT2D eigenvalue weighted by atomic mass is 10.0. The van der Waals surface area contributed by atoms with Crippen molar-refractivity contribution in [1.29, 1.82) is 0 Å². The van der Waals surface area contributed by atoms with E-state index in [-0.39, 0.29) is 23.7 Å². The van der Waals surface area contributed by atoms with Gasteiger partial charge in [0, 0.05) is 0 Å². The van der Waals surface area contributed by atoms with Crippen molar-refractivity contribution < 1.29 is 13.9 Å². The fourth-order valence-electron chi connectivity index (χ4n) is 1.91. The average Bonchev–Trinajstić information content (AvgIpc) is 2.49. The Morgan fingerprint density at radius 2 is 1.70 bits per heavy atom. The summed E-state index contributed by atoms with van der Waals surface area (Å²) in [6.45, 7) is 1.82. The summed E-state index contributed by atoms with van der Waals surface area (Å²) in [5.41, 5.74) is 7.05. The number of hydrogen-bond acceptors (Lipinski definition) is 3. The Morgan fingerprint density at radius 1 is 1.05 bits per heavy atom. The van der Waals surface area contributed by atoms with Crippen LogP contribution >= 0.6 is 0 Å². The molecule has 2 aromatic rings. The molecule has 106 valence electrons. The van der Waals surface area contributed by atoms with Crippen LogP contribution in [0.25, 0.3) is 0 Å². The van der Waals surface area contributed by atoms with Crippen LogP contribution in [0.2, 0.25) is 0 Å². The normalized spacial score (nSPS) is 13.6. The Bertz CT molecular complexity index is 557. The Labute approximate surface area is 118 Å². The molecule has 0 radical (unpaired) electrons. The summed E-state index contributed by atoms with van der Waals surface area (Å²) in [5.74, 6) is 0.592. The predicted octanol–water partition coefficient (Wildman–Crippen LogP) is 3.30. The minimum absolute atomic E-state index is 0.212. The van der Waals surface area contributed by atoms with Crippen molar-refractivity contribution in [3.05, 3.63) is 59.9 Å². The molecule has 4 heteroatoms. The molecule has 0 amide bonds. The summed E-state index contributed by atoms with van der Waals surface area (Å²) in [4.78, 5) is 0. The second-order valence-electron chi connectivity index (χ2n) is 4.55. The Morgan fingerprint density at radius 3 is 2.30 bits per heavy atom. The maximum Gasteiger partial charge on any atom is 0.165 e. The molecule has 2 unspecified atom stereocenters. The highest BCUT2D eigenvalue weighted by Crippen LogP contribution is 2.23. The zero-order valence-electron chi connectivity index (χ0n) is 11.5. The number of halogens is 1. The first-order chi connectivity index (χ1) is 9.61. The van der Waals surface area contributed by atoms with Crippen LogP contribution in [0.1, 0.15) is 18.5 Å². The smallest absolute Gasteiger partial charge is 0.165 e. The molecule has 0 aromatic heterocycles. The SMILES string of the molecule is COc1ccc(C(N)C(C)Oc2ccccc2F)cc1. The van der Waals surface area contributed by atoms with Crippen LogP contribution in [0.3, 0.4) is 0 Å². The molecule has 0 fully saturated rings. The van der Waals surface area contributed by atoms with Crippen molar-refractivity contribution in [3.8, 4) is 11.5 Å². The summed E-state index contributed by atoms with van der Waals surface area (Å²) >= 11 is 0. The van der Waals surface area contributed by atoms with Gasteiger partial charge in [-0.05, 0) is 36.8 Å². The number of nitrogens with two attached hydrogens (primary N) is 1. The topological polar surface area (TPSA) is 44.5 Å². The molecule has 0 aliphatic carbocycles. The van der Waals surface area contributed by atoms with E-state index in [1.807, 2.05) is 31.2 Å². The molecule has 3 nitrogen and oxygen atoms in total. The standard InChI is InChI=1S/C16H18FNO2/c1-11(20-15-6-4-3-5-14(15)17)16(18)12-7-9-13(19-2)10-8-12/h3-11,16H,18H2,1-2H3. The van der Waals surface area contributed by atoms with Crippen molar-refractivity contribution in [2.24, 2.45) is 5.73 Å². The van der Waals surface area contributed by atoms with Gasteiger partial charge in [-0.1, -0.05) is 24.3 Å². The van der Waals surface area contributed by atoms with Crippen molar-refractivity contribution >= 4 is 0 Å². The molecular weight excluding hydrogens is 257 g/mol. The van der Waals surface area contributed by atoms with Crippen molar-refractivity contribution in [2.75, 3.05) is 7.11 Å². The number of para-hydroxylation sites is 1. The average molecular weight is 275 g/mol. The first-order valence-corrected chi connectivity index (χ1v) is 6.42. The van der Waals surface area contributed by atoms with E-state index in [1.54, 1.807) is 25.3 Å². The van der Waals surface area contributed by atoms with E-state index in [4.69, 9.17) is 15.2 Å². The van der Waals surface area contributed by atoms with Crippen LogP contribution < -0.4 is 15.2 Å². The molecule has 0 bridgehead atoms. The molecule has 2 N–H and O–H groups in total. The lowest BCUT2D eigenvalue weighted by Crippen LogP contribution is -2.28. The molecule has 0 heterocycles. The highest BCUT2D eigenvalue weighted by Gasteiger charge is 2.18. The van der Waals surface area contributed by atoms with Crippen LogP contribution in [0.4, 0.5) is 4.39 Å². The summed E-state index contributed by atoms with van der Waals surface area (Å²) < 4.78 is 24.2. The highest BCUT2D eigenvalue weighted by atomic mass is 19.1. The number of benzene rings is 2. The van der Waals surface area contributed by atoms with E-state index in [0.29, 0.717) is 0 Å². The first-order valence-electron chi connectivity index (χ1n) is 6.42. The lowest BCUT2D eigenvalue weighted by Gasteiger charge is -2.22.